The number of nitrogens with zero attached hydrogens (tertiary/aromatic N) is 1. The molecule has 0 saturated carbocycles. The number of ether oxygens (including phenoxy) is 1. The van der Waals surface area contributed by atoms with Crippen LogP contribution in [0.5, 0.6) is 5.75 Å². The molecule has 2 amide bonds. The Hall–Kier alpha value is -3.38. The van der Waals surface area contributed by atoms with Gasteiger partial charge in [-0.25, -0.2) is 4.98 Å². The molecule has 0 spiro atoms. The Morgan fingerprint density at radius 2 is 1.76 bits per heavy atom. The zero-order chi connectivity index (χ0) is 20.6. The van der Waals surface area contributed by atoms with Crippen molar-refractivity contribution in [2.45, 2.75) is 19.6 Å². The minimum Gasteiger partial charge on any atom is -0.480 e. The summed E-state index contributed by atoms with van der Waals surface area (Å²) in [5.41, 5.74) is 1.73. The highest BCUT2D eigenvalue weighted by Gasteiger charge is 2.19. The summed E-state index contributed by atoms with van der Waals surface area (Å²) in [6.45, 7) is 1.99. The van der Waals surface area contributed by atoms with Gasteiger partial charge in [-0.3, -0.25) is 9.59 Å². The first kappa shape index (κ1) is 20.4. The number of para-hydroxylation sites is 1. The lowest BCUT2D eigenvalue weighted by Crippen LogP contribution is -2.31. The molecule has 0 bridgehead atoms. The van der Waals surface area contributed by atoms with Crippen LogP contribution in [-0.4, -0.2) is 22.9 Å². The van der Waals surface area contributed by atoms with E-state index in [2.05, 4.69) is 15.6 Å². The maximum atomic E-state index is 12.6. The lowest BCUT2D eigenvalue weighted by Gasteiger charge is -2.17. The van der Waals surface area contributed by atoms with Crippen LogP contribution in [0, 0.1) is 0 Å². The predicted molar refractivity (Wildman–Crippen MR) is 112 cm³/mol. The molecule has 3 rings (SSSR count). The van der Waals surface area contributed by atoms with Crippen molar-refractivity contribution >= 4 is 29.1 Å². The second-order valence-corrected chi connectivity index (χ2v) is 6.61. The normalized spacial score (nSPS) is 11.4. The number of carbonyl (C=O) groups is 2. The first-order valence-electron chi connectivity index (χ1n) is 9.04. The van der Waals surface area contributed by atoms with Crippen LogP contribution in [0.15, 0.2) is 72.9 Å². The molecule has 7 heteroatoms. The second-order valence-electron chi connectivity index (χ2n) is 6.26. The monoisotopic (exact) mass is 409 g/mol. The number of hydrogen-bond acceptors (Lipinski definition) is 4. The third-order valence-electron chi connectivity index (χ3n) is 4.12. The van der Waals surface area contributed by atoms with Crippen LogP contribution in [0.25, 0.3) is 0 Å². The largest absolute Gasteiger partial charge is 0.480 e. The number of aromatic nitrogens is 1. The summed E-state index contributed by atoms with van der Waals surface area (Å²) >= 11 is 5.97. The van der Waals surface area contributed by atoms with Crippen LogP contribution in [0.3, 0.4) is 0 Å². The molecule has 0 aliphatic heterocycles. The van der Waals surface area contributed by atoms with E-state index >= 15 is 0 Å². The third-order valence-corrected chi connectivity index (χ3v) is 4.42. The SMILES string of the molecule is C[C@@H](Oc1ccccc1C(=O)NCc1ccccc1)C(=O)Nc1cccnc1Cl. The molecule has 6 nitrogen and oxygen atoms in total. The van der Waals surface area contributed by atoms with Gasteiger partial charge in [0, 0.05) is 12.7 Å². The van der Waals surface area contributed by atoms with Crippen LogP contribution in [0.4, 0.5) is 5.69 Å². The number of hydrogen-bond donors (Lipinski definition) is 2. The fourth-order valence-electron chi connectivity index (χ4n) is 2.59. The van der Waals surface area contributed by atoms with Gasteiger partial charge in [0.2, 0.25) is 0 Å². The average molecular weight is 410 g/mol. The standard InChI is InChI=1S/C22H20ClN3O3/c1-15(21(27)26-18-11-7-13-24-20(18)23)29-19-12-6-5-10-17(19)22(28)25-14-16-8-3-2-4-9-16/h2-13,15H,14H2,1H3,(H,25,28)(H,26,27)/t15-/m1/s1. The number of carbonyl (C=O) groups excluding carboxylic acids is 2. The first-order valence-corrected chi connectivity index (χ1v) is 9.41. The van der Waals surface area contributed by atoms with E-state index in [1.54, 1.807) is 43.3 Å². The number of halogens is 1. The zero-order valence-corrected chi connectivity index (χ0v) is 16.5. The molecule has 0 radical (unpaired) electrons. The summed E-state index contributed by atoms with van der Waals surface area (Å²) < 4.78 is 5.76. The minimum atomic E-state index is -0.852. The van der Waals surface area contributed by atoms with Crippen molar-refractivity contribution in [3.8, 4) is 5.75 Å². The summed E-state index contributed by atoms with van der Waals surface area (Å²) in [5, 5.41) is 5.72. The minimum absolute atomic E-state index is 0.189. The maximum absolute atomic E-state index is 12.6. The molecular formula is C22H20ClN3O3. The van der Waals surface area contributed by atoms with Gasteiger partial charge < -0.3 is 15.4 Å². The van der Waals surface area contributed by atoms with E-state index in [9.17, 15) is 9.59 Å². The van der Waals surface area contributed by atoms with Crippen molar-refractivity contribution in [3.05, 3.63) is 89.2 Å². The van der Waals surface area contributed by atoms with E-state index < -0.39 is 12.0 Å². The molecule has 0 saturated heterocycles. The third kappa shape index (κ3) is 5.56. The Labute approximate surface area is 173 Å². The highest BCUT2D eigenvalue weighted by molar-refractivity contribution is 6.32. The van der Waals surface area contributed by atoms with Gasteiger partial charge in [-0.15, -0.1) is 0 Å². The Morgan fingerprint density at radius 3 is 2.52 bits per heavy atom. The van der Waals surface area contributed by atoms with Crippen LogP contribution in [0.2, 0.25) is 5.15 Å². The summed E-state index contributed by atoms with van der Waals surface area (Å²) in [6, 6.07) is 19.7. The van der Waals surface area contributed by atoms with Crippen LogP contribution < -0.4 is 15.4 Å². The fourth-order valence-corrected chi connectivity index (χ4v) is 2.75. The Bertz CT molecular complexity index is 995. The van der Waals surface area contributed by atoms with E-state index in [1.165, 1.54) is 6.20 Å². The summed E-state index contributed by atoms with van der Waals surface area (Å²) in [6.07, 6.45) is 0.678. The molecule has 1 heterocycles. The summed E-state index contributed by atoms with van der Waals surface area (Å²) in [7, 11) is 0. The Morgan fingerprint density at radius 1 is 1.03 bits per heavy atom. The van der Waals surface area contributed by atoms with E-state index in [4.69, 9.17) is 16.3 Å². The molecule has 2 N–H and O–H groups in total. The number of rotatable bonds is 7. The van der Waals surface area contributed by atoms with Crippen molar-refractivity contribution in [1.82, 2.24) is 10.3 Å². The lowest BCUT2D eigenvalue weighted by molar-refractivity contribution is -0.122. The predicted octanol–water partition coefficient (Wildman–Crippen LogP) is 4.07. The highest BCUT2D eigenvalue weighted by atomic mass is 35.5. The lowest BCUT2D eigenvalue weighted by atomic mass is 10.1. The molecule has 3 aromatic rings. The number of pyridine rings is 1. The van der Waals surface area contributed by atoms with Crippen LogP contribution >= 0.6 is 11.6 Å². The zero-order valence-electron chi connectivity index (χ0n) is 15.8. The van der Waals surface area contributed by atoms with Crippen LogP contribution in [-0.2, 0) is 11.3 Å². The van der Waals surface area contributed by atoms with E-state index in [-0.39, 0.29) is 11.1 Å². The molecule has 29 heavy (non-hydrogen) atoms. The quantitative estimate of drug-likeness (QED) is 0.576. The van der Waals surface area contributed by atoms with Crippen LogP contribution in [0.1, 0.15) is 22.8 Å². The Kier molecular flexibility index (Phi) is 6.81. The van der Waals surface area contributed by atoms with E-state index in [1.807, 2.05) is 30.3 Å². The van der Waals surface area contributed by atoms with Gasteiger partial charge in [0.25, 0.3) is 11.8 Å². The van der Waals surface area contributed by atoms with Gasteiger partial charge in [-0.2, -0.15) is 0 Å². The molecule has 1 aromatic heterocycles. The van der Waals surface area contributed by atoms with Gasteiger partial charge >= 0.3 is 0 Å². The summed E-state index contributed by atoms with van der Waals surface area (Å²) in [5.74, 6) is -0.371. The van der Waals surface area contributed by atoms with Crippen molar-refractivity contribution < 1.29 is 14.3 Å². The fraction of sp³-hybridized carbons (Fsp3) is 0.136. The van der Waals surface area contributed by atoms with Gasteiger partial charge in [0.05, 0.1) is 11.3 Å². The van der Waals surface area contributed by atoms with Gasteiger partial charge in [-0.1, -0.05) is 54.1 Å². The number of amides is 2. The van der Waals surface area contributed by atoms with Crippen molar-refractivity contribution in [1.29, 1.82) is 0 Å². The van der Waals surface area contributed by atoms with Gasteiger partial charge in [-0.05, 0) is 36.8 Å². The summed E-state index contributed by atoms with van der Waals surface area (Å²) in [4.78, 5) is 29.0. The number of benzene rings is 2. The smallest absolute Gasteiger partial charge is 0.265 e. The Balaban J connectivity index is 1.65. The van der Waals surface area contributed by atoms with E-state index in [0.717, 1.165) is 5.56 Å². The van der Waals surface area contributed by atoms with Crippen molar-refractivity contribution in [2.24, 2.45) is 0 Å². The molecule has 0 aliphatic rings. The molecule has 0 aliphatic carbocycles. The number of nitrogens with one attached hydrogen (secondary N) is 2. The first-order chi connectivity index (χ1) is 14.0. The molecule has 1 atom stereocenters. The molecule has 0 fully saturated rings. The number of anilines is 1. The topological polar surface area (TPSA) is 80.3 Å². The molecule has 0 unspecified atom stereocenters. The van der Waals surface area contributed by atoms with Gasteiger partial charge in [0.1, 0.15) is 5.75 Å². The van der Waals surface area contributed by atoms with Gasteiger partial charge in [0.15, 0.2) is 11.3 Å². The maximum Gasteiger partial charge on any atom is 0.265 e. The highest BCUT2D eigenvalue weighted by Crippen LogP contribution is 2.21. The molecular weight excluding hydrogens is 390 g/mol. The second kappa shape index (κ2) is 9.71. The van der Waals surface area contributed by atoms with Crippen molar-refractivity contribution in [3.63, 3.8) is 0 Å². The van der Waals surface area contributed by atoms with E-state index in [0.29, 0.717) is 23.5 Å². The molecule has 2 aromatic carbocycles. The molecule has 148 valence electrons. The average Bonchev–Trinajstić information content (AvgIpc) is 2.74. The van der Waals surface area contributed by atoms with Crippen molar-refractivity contribution in [2.75, 3.05) is 5.32 Å².